The van der Waals surface area contributed by atoms with Crippen LogP contribution >= 0.6 is 0 Å². The van der Waals surface area contributed by atoms with Gasteiger partial charge in [-0.05, 0) is 19.3 Å². The van der Waals surface area contributed by atoms with E-state index in [-0.39, 0.29) is 5.60 Å². The van der Waals surface area contributed by atoms with E-state index in [1.165, 1.54) is 19.3 Å². The van der Waals surface area contributed by atoms with Gasteiger partial charge in [-0.25, -0.2) is 0 Å². The lowest BCUT2D eigenvalue weighted by Crippen LogP contribution is -2.53. The average Bonchev–Trinajstić information content (AvgIpc) is 2.07. The molecule has 1 saturated heterocycles. The minimum absolute atomic E-state index is 0.290. The Morgan fingerprint density at radius 2 is 2.00 bits per heavy atom. The Labute approximate surface area is 69.3 Å². The molecule has 66 valence electrons. The summed E-state index contributed by atoms with van der Waals surface area (Å²) < 4.78 is 5.64. The second-order valence-electron chi connectivity index (χ2n) is 3.06. The number of ether oxygens (including phenoxy) is 1. The molecule has 11 heavy (non-hydrogen) atoms. The lowest BCUT2D eigenvalue weighted by atomic mass is 9.79. The van der Waals surface area contributed by atoms with Gasteiger partial charge in [-0.15, -0.1) is 0 Å². The first kappa shape index (κ1) is 9.01. The lowest BCUT2D eigenvalue weighted by Gasteiger charge is -2.44. The molecule has 1 N–H and O–H groups in total. The summed E-state index contributed by atoms with van der Waals surface area (Å²) in [5, 5.41) is 3.35. The molecule has 2 aliphatic rings. The quantitative estimate of drug-likeness (QED) is 0.576. The second-order valence-corrected chi connectivity index (χ2v) is 3.06. The topological polar surface area (TPSA) is 21.3 Å². The Hall–Kier alpha value is -0.0800. The van der Waals surface area contributed by atoms with Crippen molar-refractivity contribution in [2.45, 2.75) is 38.7 Å². The molecule has 2 nitrogen and oxygen atoms in total. The van der Waals surface area contributed by atoms with E-state index in [0.29, 0.717) is 0 Å². The van der Waals surface area contributed by atoms with Crippen molar-refractivity contribution in [1.82, 2.24) is 5.32 Å². The van der Waals surface area contributed by atoms with Crippen LogP contribution in [0.4, 0.5) is 0 Å². The highest BCUT2D eigenvalue weighted by atomic mass is 16.5. The largest absolute Gasteiger partial charge is 0.372 e. The molecule has 0 unspecified atom stereocenters. The molecule has 0 radical (unpaired) electrons. The van der Waals surface area contributed by atoms with Crippen molar-refractivity contribution in [2.75, 3.05) is 19.7 Å². The van der Waals surface area contributed by atoms with E-state index >= 15 is 0 Å². The van der Waals surface area contributed by atoms with Crippen molar-refractivity contribution < 1.29 is 4.74 Å². The van der Waals surface area contributed by atoms with Crippen LogP contribution in [0.2, 0.25) is 0 Å². The Morgan fingerprint density at radius 3 is 2.27 bits per heavy atom. The molecule has 1 saturated carbocycles. The predicted octanol–water partition coefficient (Wildman–Crippen LogP) is 1.56. The van der Waals surface area contributed by atoms with Gasteiger partial charge in [0, 0.05) is 13.1 Å². The Morgan fingerprint density at radius 1 is 1.27 bits per heavy atom. The number of rotatable bonds is 0. The molecule has 1 aliphatic heterocycles. The van der Waals surface area contributed by atoms with Crippen LogP contribution in [0.15, 0.2) is 0 Å². The van der Waals surface area contributed by atoms with E-state index < -0.39 is 0 Å². The maximum absolute atomic E-state index is 5.64. The summed E-state index contributed by atoms with van der Waals surface area (Å²) in [6.45, 7) is 7.05. The fraction of sp³-hybridized carbons (Fsp3) is 1.00. The molecule has 1 heterocycles. The van der Waals surface area contributed by atoms with Gasteiger partial charge in [0.1, 0.15) is 0 Å². The van der Waals surface area contributed by atoms with Gasteiger partial charge in [0.2, 0.25) is 0 Å². The third-order valence-electron chi connectivity index (χ3n) is 2.40. The molecule has 0 aromatic carbocycles. The van der Waals surface area contributed by atoms with E-state index in [1.807, 2.05) is 13.8 Å². The third kappa shape index (κ3) is 1.94. The van der Waals surface area contributed by atoms with Gasteiger partial charge in [0.15, 0.2) is 0 Å². The van der Waals surface area contributed by atoms with Crippen LogP contribution in [0.25, 0.3) is 0 Å². The average molecular weight is 157 g/mol. The summed E-state index contributed by atoms with van der Waals surface area (Å²) in [7, 11) is 0. The third-order valence-corrected chi connectivity index (χ3v) is 2.40. The first-order chi connectivity index (χ1) is 5.41. The maximum Gasteiger partial charge on any atom is 0.0807 e. The number of nitrogens with one attached hydrogen (secondary N) is 1. The van der Waals surface area contributed by atoms with E-state index in [1.54, 1.807) is 0 Å². The van der Waals surface area contributed by atoms with Crippen LogP contribution in [0.5, 0.6) is 0 Å². The van der Waals surface area contributed by atoms with Crippen molar-refractivity contribution >= 4 is 0 Å². The zero-order chi connectivity index (χ0) is 8.16. The van der Waals surface area contributed by atoms with Crippen LogP contribution in [0, 0.1) is 0 Å². The van der Waals surface area contributed by atoms with Crippen LogP contribution in [0.1, 0.15) is 33.1 Å². The molecule has 2 heteroatoms. The molecule has 1 aliphatic carbocycles. The standard InChI is InChI=1S/C7H13NO.C2H6/c1-2-7(3-1)6-8-4-5-9-7;1-2/h8H,1-6H2;1-2H3. The van der Waals surface area contributed by atoms with Gasteiger partial charge in [-0.2, -0.15) is 0 Å². The minimum atomic E-state index is 0.290. The van der Waals surface area contributed by atoms with E-state index in [4.69, 9.17) is 4.74 Å². The van der Waals surface area contributed by atoms with Crippen molar-refractivity contribution in [3.8, 4) is 0 Å². The second kappa shape index (κ2) is 4.07. The minimum Gasteiger partial charge on any atom is -0.372 e. The van der Waals surface area contributed by atoms with Gasteiger partial charge in [-0.1, -0.05) is 13.8 Å². The van der Waals surface area contributed by atoms with Crippen LogP contribution in [0.3, 0.4) is 0 Å². The van der Waals surface area contributed by atoms with Crippen molar-refractivity contribution in [1.29, 1.82) is 0 Å². The highest BCUT2D eigenvalue weighted by Gasteiger charge is 2.38. The van der Waals surface area contributed by atoms with Crippen molar-refractivity contribution in [3.05, 3.63) is 0 Å². The van der Waals surface area contributed by atoms with E-state index in [9.17, 15) is 0 Å². The fourth-order valence-corrected chi connectivity index (χ4v) is 1.60. The van der Waals surface area contributed by atoms with Crippen molar-refractivity contribution in [3.63, 3.8) is 0 Å². The van der Waals surface area contributed by atoms with Crippen molar-refractivity contribution in [2.24, 2.45) is 0 Å². The zero-order valence-electron chi connectivity index (χ0n) is 7.65. The Bertz CT molecular complexity index is 102. The van der Waals surface area contributed by atoms with Gasteiger partial charge in [0.05, 0.1) is 12.2 Å². The van der Waals surface area contributed by atoms with Crippen LogP contribution < -0.4 is 5.32 Å². The molecule has 0 aromatic heterocycles. The van der Waals surface area contributed by atoms with E-state index in [2.05, 4.69) is 5.32 Å². The highest BCUT2D eigenvalue weighted by molar-refractivity contribution is 4.93. The summed E-state index contributed by atoms with van der Waals surface area (Å²) >= 11 is 0. The monoisotopic (exact) mass is 157 g/mol. The molecule has 1 spiro atoms. The molecular formula is C9H19NO. The number of hydrogen-bond donors (Lipinski definition) is 1. The Kier molecular flexibility index (Phi) is 3.34. The van der Waals surface area contributed by atoms with Gasteiger partial charge in [-0.3, -0.25) is 0 Å². The van der Waals surface area contributed by atoms with Crippen LogP contribution in [-0.2, 0) is 4.74 Å². The molecule has 2 rings (SSSR count). The Balaban J connectivity index is 0.000000281. The van der Waals surface area contributed by atoms with Gasteiger partial charge >= 0.3 is 0 Å². The van der Waals surface area contributed by atoms with Gasteiger partial charge in [0.25, 0.3) is 0 Å². The number of morpholine rings is 1. The summed E-state index contributed by atoms with van der Waals surface area (Å²) in [5.41, 5.74) is 0.290. The molecule has 0 amide bonds. The predicted molar refractivity (Wildman–Crippen MR) is 46.8 cm³/mol. The van der Waals surface area contributed by atoms with E-state index in [0.717, 1.165) is 19.7 Å². The SMILES string of the molecule is C1CC2(C1)CNCCO2.CC. The molecule has 0 atom stereocenters. The fourth-order valence-electron chi connectivity index (χ4n) is 1.60. The molecule has 2 fully saturated rings. The number of hydrogen-bond acceptors (Lipinski definition) is 2. The molecule has 0 aromatic rings. The maximum atomic E-state index is 5.64. The zero-order valence-corrected chi connectivity index (χ0v) is 7.65. The molecule has 0 bridgehead atoms. The van der Waals surface area contributed by atoms with Gasteiger partial charge < -0.3 is 10.1 Å². The first-order valence-corrected chi connectivity index (χ1v) is 4.76. The van der Waals surface area contributed by atoms with Crippen LogP contribution in [-0.4, -0.2) is 25.3 Å². The first-order valence-electron chi connectivity index (χ1n) is 4.76. The lowest BCUT2D eigenvalue weighted by molar-refractivity contribution is -0.115. The normalized spacial score (nSPS) is 26.7. The highest BCUT2D eigenvalue weighted by Crippen LogP contribution is 2.35. The summed E-state index contributed by atoms with van der Waals surface area (Å²) in [6.07, 6.45) is 3.92. The smallest absolute Gasteiger partial charge is 0.0807 e. The summed E-state index contributed by atoms with van der Waals surface area (Å²) in [6, 6.07) is 0. The molecular weight excluding hydrogens is 138 g/mol. The summed E-state index contributed by atoms with van der Waals surface area (Å²) in [4.78, 5) is 0. The summed E-state index contributed by atoms with van der Waals surface area (Å²) in [5.74, 6) is 0.